The number of aliphatic hydroxyl groups is 5. The Hall–Kier alpha value is -1.07. The first-order valence-corrected chi connectivity index (χ1v) is 18.9. The summed E-state index contributed by atoms with van der Waals surface area (Å²) in [5, 5.41) is 53.9. The maximum Gasteiger partial charge on any atom is 0.220 e. The minimum Gasteiger partial charge on any atom is -0.394 e. The van der Waals surface area contributed by atoms with Crippen molar-refractivity contribution >= 4 is 5.91 Å². The van der Waals surface area contributed by atoms with Gasteiger partial charge < -0.3 is 40.3 Å². The number of allylic oxidation sites excluding steroid dienone is 2. The largest absolute Gasteiger partial charge is 0.394 e. The summed E-state index contributed by atoms with van der Waals surface area (Å²) >= 11 is 0. The van der Waals surface area contributed by atoms with Crippen LogP contribution >= 0.6 is 0 Å². The molecule has 1 rings (SSSR count). The predicted octanol–water partition coefficient (Wildman–Crippen LogP) is 6.22. The van der Waals surface area contributed by atoms with Gasteiger partial charge >= 0.3 is 0 Å². The molecule has 0 aromatic rings. The van der Waals surface area contributed by atoms with E-state index in [1.165, 1.54) is 89.9 Å². The zero-order valence-electron chi connectivity index (χ0n) is 29.3. The maximum atomic E-state index is 12.8. The lowest BCUT2D eigenvalue weighted by atomic mass is 9.99. The lowest BCUT2D eigenvalue weighted by Gasteiger charge is -2.40. The molecule has 1 saturated heterocycles. The number of nitrogens with one attached hydrogen (secondary N) is 1. The summed E-state index contributed by atoms with van der Waals surface area (Å²) in [6.45, 7) is 3.76. The first kappa shape index (κ1) is 43.0. The molecule has 0 aromatic carbocycles. The van der Waals surface area contributed by atoms with Crippen LogP contribution in [0, 0.1) is 0 Å². The number of amides is 1. The van der Waals surface area contributed by atoms with Crippen molar-refractivity contribution in [2.45, 2.75) is 204 Å². The van der Waals surface area contributed by atoms with E-state index in [1.807, 2.05) is 0 Å². The van der Waals surface area contributed by atoms with Gasteiger partial charge in [-0.2, -0.15) is 0 Å². The number of rotatable bonds is 30. The molecule has 0 spiro atoms. The van der Waals surface area contributed by atoms with E-state index in [-0.39, 0.29) is 12.5 Å². The predicted molar refractivity (Wildman–Crippen MR) is 184 cm³/mol. The Morgan fingerprint density at radius 3 is 1.76 bits per heavy atom. The summed E-state index contributed by atoms with van der Waals surface area (Å²) < 4.78 is 11.2. The highest BCUT2D eigenvalue weighted by Gasteiger charge is 2.44. The second kappa shape index (κ2) is 28.9. The normalized spacial score (nSPS) is 23.2. The van der Waals surface area contributed by atoms with Gasteiger partial charge in [-0.3, -0.25) is 4.79 Å². The smallest absolute Gasteiger partial charge is 0.220 e. The number of ether oxygens (including phenoxy) is 2. The summed E-state index contributed by atoms with van der Waals surface area (Å²) in [6, 6.07) is -0.726. The van der Waals surface area contributed by atoms with Gasteiger partial charge in [-0.05, 0) is 38.5 Å². The zero-order valence-corrected chi connectivity index (χ0v) is 29.3. The molecule has 0 saturated carbocycles. The summed E-state index contributed by atoms with van der Waals surface area (Å²) in [4.78, 5) is 12.8. The topological polar surface area (TPSA) is 149 Å². The molecule has 2 unspecified atom stereocenters. The molecule has 1 amide bonds. The van der Waals surface area contributed by atoms with E-state index in [0.717, 1.165) is 44.9 Å². The third kappa shape index (κ3) is 20.3. The van der Waals surface area contributed by atoms with E-state index in [4.69, 9.17) is 9.47 Å². The van der Waals surface area contributed by atoms with Gasteiger partial charge in [0.15, 0.2) is 6.29 Å². The highest BCUT2D eigenvalue weighted by Crippen LogP contribution is 2.23. The Bertz CT molecular complexity index is 736. The minimum atomic E-state index is -1.55. The first-order chi connectivity index (χ1) is 22.3. The van der Waals surface area contributed by atoms with Crippen LogP contribution in [0.15, 0.2) is 12.2 Å². The van der Waals surface area contributed by atoms with E-state index in [2.05, 4.69) is 31.3 Å². The number of hydrogen-bond donors (Lipinski definition) is 6. The van der Waals surface area contributed by atoms with Crippen molar-refractivity contribution in [1.82, 2.24) is 5.32 Å². The molecule has 6 N–H and O–H groups in total. The molecule has 9 heteroatoms. The highest BCUT2D eigenvalue weighted by molar-refractivity contribution is 5.76. The third-order valence-corrected chi connectivity index (χ3v) is 9.12. The molecule has 46 heavy (non-hydrogen) atoms. The molecule has 7 atom stereocenters. The van der Waals surface area contributed by atoms with Gasteiger partial charge in [0.2, 0.25) is 5.91 Å². The lowest BCUT2D eigenvalue weighted by molar-refractivity contribution is -0.302. The fraction of sp³-hybridized carbons (Fsp3) is 0.919. The molecule has 0 radical (unpaired) electrons. The molecule has 1 fully saturated rings. The minimum absolute atomic E-state index is 0.147. The number of carbonyl (C=O) groups is 1. The van der Waals surface area contributed by atoms with Gasteiger partial charge in [-0.15, -0.1) is 0 Å². The van der Waals surface area contributed by atoms with Crippen molar-refractivity contribution in [3.63, 3.8) is 0 Å². The van der Waals surface area contributed by atoms with Crippen LogP contribution in [0.4, 0.5) is 0 Å². The Kier molecular flexibility index (Phi) is 27.0. The van der Waals surface area contributed by atoms with Gasteiger partial charge in [-0.25, -0.2) is 0 Å². The van der Waals surface area contributed by atoms with Gasteiger partial charge in [0.25, 0.3) is 0 Å². The molecule has 1 heterocycles. The first-order valence-electron chi connectivity index (χ1n) is 18.9. The molecule has 1 aliphatic rings. The molecule has 272 valence electrons. The number of carbonyl (C=O) groups excluding carboxylic acids is 1. The Morgan fingerprint density at radius 2 is 1.22 bits per heavy atom. The standard InChI is InChI=1S/C37H71NO8/c1-3-5-7-9-11-13-15-16-17-18-20-22-24-26-31(40)30(29-45-37-36(44)35(43)34(42)32(28-39)46-37)38-33(41)27-25-23-21-19-14-12-10-8-6-4-2/h17-18,30-32,34-37,39-40,42-44H,3-16,19-29H2,1-2H3,(H,38,41)/b18-17+/t30-,31+,32+,34+,35?,36?,37+/m0/s1. The zero-order chi connectivity index (χ0) is 33.8. The van der Waals surface area contributed by atoms with E-state index < -0.39 is 49.5 Å². The second-order valence-electron chi connectivity index (χ2n) is 13.4. The number of unbranched alkanes of at least 4 members (excludes halogenated alkanes) is 18. The van der Waals surface area contributed by atoms with E-state index in [1.54, 1.807) is 0 Å². The van der Waals surface area contributed by atoms with Crippen molar-refractivity contribution in [3.8, 4) is 0 Å². The van der Waals surface area contributed by atoms with Crippen molar-refractivity contribution in [3.05, 3.63) is 12.2 Å². The summed E-state index contributed by atoms with van der Waals surface area (Å²) in [7, 11) is 0. The van der Waals surface area contributed by atoms with Crippen LogP contribution in [0.2, 0.25) is 0 Å². The number of aliphatic hydroxyl groups excluding tert-OH is 5. The molecule has 0 bridgehead atoms. The van der Waals surface area contributed by atoms with E-state index in [9.17, 15) is 30.3 Å². The van der Waals surface area contributed by atoms with Crippen LogP contribution in [-0.4, -0.2) is 87.5 Å². The van der Waals surface area contributed by atoms with Crippen LogP contribution in [0.5, 0.6) is 0 Å². The third-order valence-electron chi connectivity index (χ3n) is 9.12. The SMILES string of the molecule is CCCCCCCCC/C=C/CCCC[C@@H](O)[C@H](CO[C@@H]1O[C@H](CO)[C@@H](O)C(O)C1O)NC(=O)CCCCCCCCCCCC. The average Bonchev–Trinajstić information content (AvgIpc) is 3.05. The fourth-order valence-corrected chi connectivity index (χ4v) is 5.98. The van der Waals surface area contributed by atoms with Crippen molar-refractivity contribution in [2.75, 3.05) is 13.2 Å². The average molecular weight is 658 g/mol. The second-order valence-corrected chi connectivity index (χ2v) is 13.4. The van der Waals surface area contributed by atoms with Gasteiger partial charge in [0, 0.05) is 6.42 Å². The van der Waals surface area contributed by atoms with Gasteiger partial charge in [0.05, 0.1) is 25.4 Å². The monoisotopic (exact) mass is 658 g/mol. The summed E-state index contributed by atoms with van der Waals surface area (Å²) in [6.07, 6.45) is 22.2. The molecule has 0 aliphatic carbocycles. The van der Waals surface area contributed by atoms with Crippen molar-refractivity contribution < 1.29 is 39.8 Å². The molecule has 9 nitrogen and oxygen atoms in total. The molecule has 1 aliphatic heterocycles. The summed E-state index contributed by atoms with van der Waals surface area (Å²) in [5.41, 5.74) is 0. The van der Waals surface area contributed by atoms with Crippen LogP contribution in [-0.2, 0) is 14.3 Å². The van der Waals surface area contributed by atoms with Crippen LogP contribution < -0.4 is 5.32 Å². The van der Waals surface area contributed by atoms with E-state index >= 15 is 0 Å². The van der Waals surface area contributed by atoms with Gasteiger partial charge in [-0.1, -0.05) is 129 Å². The summed E-state index contributed by atoms with van der Waals surface area (Å²) in [5.74, 6) is -0.158. The fourth-order valence-electron chi connectivity index (χ4n) is 5.98. The van der Waals surface area contributed by atoms with E-state index in [0.29, 0.717) is 12.8 Å². The molecular formula is C37H71NO8. The van der Waals surface area contributed by atoms with Crippen LogP contribution in [0.1, 0.15) is 162 Å². The van der Waals surface area contributed by atoms with Crippen LogP contribution in [0.3, 0.4) is 0 Å². The van der Waals surface area contributed by atoms with Crippen molar-refractivity contribution in [1.29, 1.82) is 0 Å². The van der Waals surface area contributed by atoms with Crippen molar-refractivity contribution in [2.24, 2.45) is 0 Å². The Balaban J connectivity index is 2.46. The quantitative estimate of drug-likeness (QED) is 0.0394. The number of hydrogen-bond acceptors (Lipinski definition) is 8. The van der Waals surface area contributed by atoms with Crippen LogP contribution in [0.25, 0.3) is 0 Å². The molecular weight excluding hydrogens is 586 g/mol. The lowest BCUT2D eigenvalue weighted by Crippen LogP contribution is -2.60. The van der Waals surface area contributed by atoms with Gasteiger partial charge in [0.1, 0.15) is 24.4 Å². The maximum absolute atomic E-state index is 12.8. The Labute approximate surface area is 280 Å². The molecule has 0 aromatic heterocycles. The highest BCUT2D eigenvalue weighted by atomic mass is 16.7. The Morgan fingerprint density at radius 1 is 0.717 bits per heavy atom.